The molecule has 182 valence electrons. The topological polar surface area (TPSA) is 123 Å². The number of benzene rings is 3. The first-order valence-corrected chi connectivity index (χ1v) is 12.4. The molecule has 36 heavy (non-hydrogen) atoms. The van der Waals surface area contributed by atoms with Crippen LogP contribution in [-0.2, 0) is 19.6 Å². The molecule has 0 aliphatic carbocycles. The number of hydrogen-bond acceptors (Lipinski definition) is 5. The van der Waals surface area contributed by atoms with Gasteiger partial charge >= 0.3 is 0 Å². The fourth-order valence-corrected chi connectivity index (χ4v) is 4.69. The Morgan fingerprint density at radius 1 is 0.861 bits per heavy atom. The van der Waals surface area contributed by atoms with Gasteiger partial charge in [-0.05, 0) is 65.2 Å². The van der Waals surface area contributed by atoms with Crippen LogP contribution in [0.1, 0.15) is 12.5 Å². The molecule has 0 aliphatic heterocycles. The Morgan fingerprint density at radius 3 is 2.14 bits per heavy atom. The molecule has 4 aromatic rings. The summed E-state index contributed by atoms with van der Waals surface area (Å²) in [5.41, 5.74) is 9.73. The number of nitrogens with one attached hydrogen (secondary N) is 2. The van der Waals surface area contributed by atoms with Gasteiger partial charge in [0.25, 0.3) is 10.0 Å². The van der Waals surface area contributed by atoms with Gasteiger partial charge in [-0.3, -0.25) is 9.59 Å². The molecule has 0 unspecified atom stereocenters. The smallest absolute Gasteiger partial charge is 0.267 e. The summed E-state index contributed by atoms with van der Waals surface area (Å²) in [4.78, 5) is 23.5. The number of amides is 2. The van der Waals surface area contributed by atoms with Crippen molar-refractivity contribution in [3.63, 3.8) is 0 Å². The molecular formula is C27H24N4O4S. The van der Waals surface area contributed by atoms with Gasteiger partial charge in [-0.1, -0.05) is 36.4 Å². The Balaban J connectivity index is 1.45. The molecule has 9 heteroatoms. The highest BCUT2D eigenvalue weighted by molar-refractivity contribution is 7.90. The van der Waals surface area contributed by atoms with E-state index in [1.807, 2.05) is 12.1 Å². The maximum absolute atomic E-state index is 13.1. The number of carbonyl (C=O) groups excluding carboxylic acids is 2. The van der Waals surface area contributed by atoms with Crippen molar-refractivity contribution < 1.29 is 18.0 Å². The molecule has 0 spiro atoms. The number of anilines is 3. The summed E-state index contributed by atoms with van der Waals surface area (Å²) in [6, 6.07) is 22.3. The standard InChI is InChI=1S/C27H24N4O4S/c1-19(32)29-23-11-7-21(8-12-23)22-9-13-24(14-10-22)36(34,35)31-17-16-20(18-31)6-15-27(33)30-26-5-3-2-4-25(26)28/h2-18H,28H2,1H3,(H,29,32)(H,30,33). The third-order valence-corrected chi connectivity index (χ3v) is 6.95. The lowest BCUT2D eigenvalue weighted by molar-refractivity contribution is -0.114. The van der Waals surface area contributed by atoms with Crippen molar-refractivity contribution in [1.29, 1.82) is 0 Å². The molecule has 4 N–H and O–H groups in total. The van der Waals surface area contributed by atoms with Gasteiger partial charge < -0.3 is 16.4 Å². The van der Waals surface area contributed by atoms with E-state index in [0.29, 0.717) is 22.6 Å². The van der Waals surface area contributed by atoms with Crippen LogP contribution in [0.15, 0.2) is 102 Å². The number of rotatable bonds is 7. The zero-order valence-electron chi connectivity index (χ0n) is 19.4. The third-order valence-electron chi connectivity index (χ3n) is 5.30. The predicted octanol–water partition coefficient (Wildman–Crippen LogP) is 4.58. The van der Waals surface area contributed by atoms with Crippen LogP contribution in [0.4, 0.5) is 17.1 Å². The lowest BCUT2D eigenvalue weighted by Gasteiger charge is -2.08. The molecule has 2 amide bonds. The van der Waals surface area contributed by atoms with Gasteiger partial charge in [0, 0.05) is 31.1 Å². The highest BCUT2D eigenvalue weighted by Gasteiger charge is 2.16. The average molecular weight is 501 g/mol. The molecule has 1 heterocycles. The van der Waals surface area contributed by atoms with E-state index in [9.17, 15) is 18.0 Å². The lowest BCUT2D eigenvalue weighted by atomic mass is 10.1. The van der Waals surface area contributed by atoms with Crippen LogP contribution in [-0.4, -0.2) is 24.2 Å². The van der Waals surface area contributed by atoms with Gasteiger partial charge in [-0.15, -0.1) is 0 Å². The maximum atomic E-state index is 13.1. The summed E-state index contributed by atoms with van der Waals surface area (Å²) < 4.78 is 27.2. The monoisotopic (exact) mass is 500 g/mol. The predicted molar refractivity (Wildman–Crippen MR) is 142 cm³/mol. The van der Waals surface area contributed by atoms with Crippen LogP contribution in [0.5, 0.6) is 0 Å². The number of nitrogen functional groups attached to an aromatic ring is 1. The minimum Gasteiger partial charge on any atom is -0.397 e. The zero-order chi connectivity index (χ0) is 25.7. The Bertz CT molecular complexity index is 1540. The van der Waals surface area contributed by atoms with E-state index in [-0.39, 0.29) is 16.7 Å². The highest BCUT2D eigenvalue weighted by Crippen LogP contribution is 2.24. The quantitative estimate of drug-likeness (QED) is 0.253. The van der Waals surface area contributed by atoms with E-state index in [2.05, 4.69) is 10.6 Å². The van der Waals surface area contributed by atoms with Gasteiger partial charge in [0.1, 0.15) is 0 Å². The Kier molecular flexibility index (Phi) is 7.03. The number of hydrogen-bond donors (Lipinski definition) is 3. The van der Waals surface area contributed by atoms with Crippen LogP contribution in [0.3, 0.4) is 0 Å². The van der Waals surface area contributed by atoms with E-state index in [0.717, 1.165) is 15.1 Å². The van der Waals surface area contributed by atoms with Gasteiger partial charge in [-0.25, -0.2) is 12.4 Å². The van der Waals surface area contributed by atoms with Crippen molar-refractivity contribution in [2.45, 2.75) is 11.8 Å². The second-order valence-electron chi connectivity index (χ2n) is 7.97. The number of nitrogens with two attached hydrogens (primary N) is 1. The van der Waals surface area contributed by atoms with E-state index >= 15 is 0 Å². The van der Waals surface area contributed by atoms with Crippen molar-refractivity contribution >= 4 is 45.0 Å². The molecule has 0 radical (unpaired) electrons. The van der Waals surface area contributed by atoms with E-state index in [1.54, 1.807) is 66.7 Å². The van der Waals surface area contributed by atoms with E-state index in [4.69, 9.17) is 5.73 Å². The fourth-order valence-electron chi connectivity index (χ4n) is 3.49. The van der Waals surface area contributed by atoms with Crippen LogP contribution >= 0.6 is 0 Å². The Hall–Kier alpha value is -4.63. The van der Waals surface area contributed by atoms with Crippen molar-refractivity contribution in [2.75, 3.05) is 16.4 Å². The van der Waals surface area contributed by atoms with Crippen LogP contribution < -0.4 is 16.4 Å². The largest absolute Gasteiger partial charge is 0.397 e. The molecule has 0 fully saturated rings. The first-order chi connectivity index (χ1) is 17.2. The molecule has 1 aromatic heterocycles. The summed E-state index contributed by atoms with van der Waals surface area (Å²) in [7, 11) is -3.81. The Morgan fingerprint density at radius 2 is 1.50 bits per heavy atom. The van der Waals surface area contributed by atoms with Crippen molar-refractivity contribution in [2.24, 2.45) is 0 Å². The van der Waals surface area contributed by atoms with E-state index < -0.39 is 10.0 Å². The lowest BCUT2D eigenvalue weighted by Crippen LogP contribution is -2.10. The fraction of sp³-hybridized carbons (Fsp3) is 0.0370. The molecule has 0 atom stereocenters. The highest BCUT2D eigenvalue weighted by atomic mass is 32.2. The molecule has 0 saturated heterocycles. The normalized spacial score (nSPS) is 11.4. The molecule has 8 nitrogen and oxygen atoms in total. The summed E-state index contributed by atoms with van der Waals surface area (Å²) in [5, 5.41) is 5.39. The summed E-state index contributed by atoms with van der Waals surface area (Å²) >= 11 is 0. The number of carbonyl (C=O) groups is 2. The van der Waals surface area contributed by atoms with Gasteiger partial charge in [0.05, 0.1) is 16.3 Å². The molecule has 4 rings (SSSR count). The first-order valence-electron chi connectivity index (χ1n) is 11.0. The Labute approximate surface area is 209 Å². The number of nitrogens with zero attached hydrogens (tertiary/aromatic N) is 1. The minimum atomic E-state index is -3.81. The summed E-state index contributed by atoms with van der Waals surface area (Å²) in [6.07, 6.45) is 5.69. The minimum absolute atomic E-state index is 0.129. The van der Waals surface area contributed by atoms with Gasteiger partial charge in [0.2, 0.25) is 11.8 Å². The summed E-state index contributed by atoms with van der Waals surface area (Å²) in [5.74, 6) is -0.536. The third kappa shape index (κ3) is 5.70. The second-order valence-corrected chi connectivity index (χ2v) is 9.82. The number of aromatic nitrogens is 1. The van der Waals surface area contributed by atoms with Crippen molar-refractivity contribution in [3.8, 4) is 11.1 Å². The molecule has 0 aliphatic rings. The average Bonchev–Trinajstić information content (AvgIpc) is 3.35. The first kappa shape index (κ1) is 24.5. The van der Waals surface area contributed by atoms with Crippen molar-refractivity contribution in [3.05, 3.63) is 103 Å². The van der Waals surface area contributed by atoms with Crippen LogP contribution in [0.25, 0.3) is 17.2 Å². The molecular weight excluding hydrogens is 476 g/mol. The second kappa shape index (κ2) is 10.3. The number of para-hydroxylation sites is 2. The van der Waals surface area contributed by atoms with Crippen LogP contribution in [0.2, 0.25) is 0 Å². The van der Waals surface area contributed by atoms with Crippen LogP contribution in [0, 0.1) is 0 Å². The molecule has 3 aromatic carbocycles. The van der Waals surface area contributed by atoms with Gasteiger partial charge in [-0.2, -0.15) is 0 Å². The van der Waals surface area contributed by atoms with Gasteiger partial charge in [0.15, 0.2) is 0 Å². The zero-order valence-corrected chi connectivity index (χ0v) is 20.2. The SMILES string of the molecule is CC(=O)Nc1ccc(-c2ccc(S(=O)(=O)n3ccc(C=CC(=O)Nc4ccccc4N)c3)cc2)cc1. The molecule has 0 saturated carbocycles. The van der Waals surface area contributed by atoms with Crippen molar-refractivity contribution in [1.82, 2.24) is 3.97 Å². The van der Waals surface area contributed by atoms with E-state index in [1.165, 1.54) is 31.5 Å². The maximum Gasteiger partial charge on any atom is 0.267 e. The molecule has 0 bridgehead atoms. The summed E-state index contributed by atoms with van der Waals surface area (Å²) in [6.45, 7) is 1.44.